The minimum absolute atomic E-state index is 0.179. The Balaban J connectivity index is 1.80. The van der Waals surface area contributed by atoms with Crippen molar-refractivity contribution >= 4 is 23.5 Å². The van der Waals surface area contributed by atoms with Gasteiger partial charge >= 0.3 is 6.09 Å². The number of piperazine rings is 1. The van der Waals surface area contributed by atoms with Gasteiger partial charge in [-0.1, -0.05) is 0 Å². The topological polar surface area (TPSA) is 74.8 Å². The zero-order valence-corrected chi connectivity index (χ0v) is 13.3. The first kappa shape index (κ1) is 15.5. The van der Waals surface area contributed by atoms with Crippen LogP contribution in [0.4, 0.5) is 20.7 Å². The van der Waals surface area contributed by atoms with Gasteiger partial charge in [-0.2, -0.15) is 4.39 Å². The van der Waals surface area contributed by atoms with Crippen molar-refractivity contribution in [3.63, 3.8) is 0 Å². The Morgan fingerprint density at radius 2 is 2.13 bits per heavy atom. The highest BCUT2D eigenvalue weighted by Gasteiger charge is 2.40. The summed E-state index contributed by atoms with van der Waals surface area (Å²) in [5.74, 6) is -0.439. The van der Waals surface area contributed by atoms with Crippen molar-refractivity contribution < 1.29 is 18.7 Å². The smallest absolute Gasteiger partial charge is 0.410 e. The zero-order valence-electron chi connectivity index (χ0n) is 13.3. The van der Waals surface area contributed by atoms with Gasteiger partial charge in [-0.05, 0) is 32.9 Å². The lowest BCUT2D eigenvalue weighted by Crippen LogP contribution is -2.61. The second-order valence-electron chi connectivity index (χ2n) is 6.63. The number of halogens is 1. The molecule has 2 amide bonds. The SMILES string of the molecule is CC(C)(C)OC(=O)N1CCN2c3nc(F)ccc3NC(=O)C2C1. The Morgan fingerprint density at radius 3 is 2.83 bits per heavy atom. The molecule has 0 aliphatic carbocycles. The largest absolute Gasteiger partial charge is 0.444 e. The molecule has 1 aromatic heterocycles. The van der Waals surface area contributed by atoms with Crippen LogP contribution in [-0.2, 0) is 9.53 Å². The quantitative estimate of drug-likeness (QED) is 0.734. The van der Waals surface area contributed by atoms with Gasteiger partial charge in [0, 0.05) is 13.1 Å². The van der Waals surface area contributed by atoms with E-state index in [-0.39, 0.29) is 12.5 Å². The van der Waals surface area contributed by atoms with Gasteiger partial charge in [0.15, 0.2) is 5.82 Å². The van der Waals surface area contributed by atoms with Gasteiger partial charge in [0.25, 0.3) is 0 Å². The average molecular weight is 322 g/mol. The molecule has 23 heavy (non-hydrogen) atoms. The van der Waals surface area contributed by atoms with E-state index in [1.54, 1.807) is 25.7 Å². The molecule has 124 valence electrons. The summed E-state index contributed by atoms with van der Waals surface area (Å²) in [6.45, 7) is 6.32. The predicted molar refractivity (Wildman–Crippen MR) is 81.8 cm³/mol. The Hall–Kier alpha value is -2.38. The molecular weight excluding hydrogens is 303 g/mol. The number of anilines is 2. The fourth-order valence-corrected chi connectivity index (χ4v) is 2.71. The predicted octanol–water partition coefficient (Wildman–Crippen LogP) is 1.60. The summed E-state index contributed by atoms with van der Waals surface area (Å²) in [6, 6.07) is 2.10. The number of rotatable bonds is 0. The molecular formula is C15H19FN4O3. The molecule has 0 saturated carbocycles. The molecule has 1 saturated heterocycles. The molecule has 7 nitrogen and oxygen atoms in total. The molecule has 1 aromatic rings. The fraction of sp³-hybridized carbons (Fsp3) is 0.533. The maximum Gasteiger partial charge on any atom is 0.410 e. The normalized spacial score (nSPS) is 20.5. The number of ether oxygens (including phenoxy) is 1. The van der Waals surface area contributed by atoms with Crippen molar-refractivity contribution in [3.8, 4) is 0 Å². The van der Waals surface area contributed by atoms with E-state index in [2.05, 4.69) is 10.3 Å². The van der Waals surface area contributed by atoms with E-state index in [0.717, 1.165) is 0 Å². The maximum atomic E-state index is 13.4. The van der Waals surface area contributed by atoms with E-state index < -0.39 is 23.7 Å². The van der Waals surface area contributed by atoms with Crippen LogP contribution in [0.25, 0.3) is 0 Å². The highest BCUT2D eigenvalue weighted by atomic mass is 19.1. The Labute approximate surface area is 133 Å². The molecule has 2 aliphatic heterocycles. The number of amides is 2. The van der Waals surface area contributed by atoms with Crippen LogP contribution in [0.2, 0.25) is 0 Å². The molecule has 2 aliphatic rings. The zero-order chi connectivity index (χ0) is 16.8. The van der Waals surface area contributed by atoms with E-state index in [1.165, 1.54) is 17.0 Å². The lowest BCUT2D eigenvalue weighted by Gasteiger charge is -2.44. The molecule has 3 heterocycles. The van der Waals surface area contributed by atoms with Crippen molar-refractivity contribution in [2.45, 2.75) is 32.4 Å². The Kier molecular flexibility index (Phi) is 3.62. The Morgan fingerprint density at radius 1 is 1.39 bits per heavy atom. The number of fused-ring (bicyclic) bond motifs is 3. The third-order valence-corrected chi connectivity index (χ3v) is 3.71. The molecule has 1 atom stereocenters. The second-order valence-corrected chi connectivity index (χ2v) is 6.63. The van der Waals surface area contributed by atoms with Crippen LogP contribution in [-0.4, -0.2) is 53.2 Å². The van der Waals surface area contributed by atoms with Crippen molar-refractivity contribution in [1.29, 1.82) is 0 Å². The van der Waals surface area contributed by atoms with Crippen molar-refractivity contribution in [3.05, 3.63) is 18.1 Å². The number of hydrogen-bond acceptors (Lipinski definition) is 5. The highest BCUT2D eigenvalue weighted by Crippen LogP contribution is 2.32. The lowest BCUT2D eigenvalue weighted by atomic mass is 10.1. The van der Waals surface area contributed by atoms with Gasteiger partial charge in [0.2, 0.25) is 11.9 Å². The minimum Gasteiger partial charge on any atom is -0.444 e. The molecule has 1 unspecified atom stereocenters. The average Bonchev–Trinajstić information content (AvgIpc) is 2.46. The van der Waals surface area contributed by atoms with Crippen LogP contribution >= 0.6 is 0 Å². The van der Waals surface area contributed by atoms with Crippen LogP contribution in [0.1, 0.15) is 20.8 Å². The molecule has 1 fully saturated rings. The molecule has 3 rings (SSSR count). The summed E-state index contributed by atoms with van der Waals surface area (Å²) in [5, 5.41) is 2.71. The summed E-state index contributed by atoms with van der Waals surface area (Å²) in [5.41, 5.74) is -0.112. The first-order valence-electron chi connectivity index (χ1n) is 7.46. The molecule has 0 spiro atoms. The van der Waals surface area contributed by atoms with Gasteiger partial charge in [-0.25, -0.2) is 9.78 Å². The van der Waals surface area contributed by atoms with Crippen molar-refractivity contribution in [2.75, 3.05) is 29.9 Å². The van der Waals surface area contributed by atoms with Crippen LogP contribution in [0.3, 0.4) is 0 Å². The summed E-state index contributed by atoms with van der Waals surface area (Å²) >= 11 is 0. The molecule has 8 heteroatoms. The van der Waals surface area contributed by atoms with Crippen LogP contribution in [0.5, 0.6) is 0 Å². The van der Waals surface area contributed by atoms with Crippen molar-refractivity contribution in [2.24, 2.45) is 0 Å². The number of hydrogen-bond donors (Lipinski definition) is 1. The molecule has 0 aromatic carbocycles. The fourth-order valence-electron chi connectivity index (χ4n) is 2.71. The number of nitrogens with zero attached hydrogens (tertiary/aromatic N) is 3. The third kappa shape index (κ3) is 3.06. The number of pyridine rings is 1. The van der Waals surface area contributed by atoms with Gasteiger partial charge in [0.1, 0.15) is 11.6 Å². The van der Waals surface area contributed by atoms with E-state index in [9.17, 15) is 14.0 Å². The molecule has 0 bridgehead atoms. The van der Waals surface area contributed by atoms with Crippen molar-refractivity contribution in [1.82, 2.24) is 9.88 Å². The number of aromatic nitrogens is 1. The summed E-state index contributed by atoms with van der Waals surface area (Å²) in [7, 11) is 0. The standard InChI is InChI=1S/C15H19FN4O3/c1-15(2,3)23-14(22)19-6-7-20-10(8-19)13(21)17-9-4-5-11(16)18-12(9)20/h4-5,10H,6-8H2,1-3H3,(H,17,21). The highest BCUT2D eigenvalue weighted by molar-refractivity contribution is 6.03. The van der Waals surface area contributed by atoms with Crippen LogP contribution < -0.4 is 10.2 Å². The molecule has 0 radical (unpaired) electrons. The maximum absolute atomic E-state index is 13.4. The van der Waals surface area contributed by atoms with Gasteiger partial charge in [-0.3, -0.25) is 4.79 Å². The van der Waals surface area contributed by atoms with E-state index >= 15 is 0 Å². The van der Waals surface area contributed by atoms with Crippen LogP contribution in [0, 0.1) is 5.95 Å². The summed E-state index contributed by atoms with van der Waals surface area (Å²) < 4.78 is 18.7. The first-order valence-corrected chi connectivity index (χ1v) is 7.46. The summed E-state index contributed by atoms with van der Waals surface area (Å²) in [4.78, 5) is 31.6. The van der Waals surface area contributed by atoms with E-state index in [0.29, 0.717) is 24.6 Å². The molecule has 1 N–H and O–H groups in total. The monoisotopic (exact) mass is 322 g/mol. The van der Waals surface area contributed by atoms with Gasteiger partial charge in [0.05, 0.1) is 12.2 Å². The lowest BCUT2D eigenvalue weighted by molar-refractivity contribution is -0.118. The van der Waals surface area contributed by atoms with Gasteiger partial charge < -0.3 is 19.9 Å². The van der Waals surface area contributed by atoms with Gasteiger partial charge in [-0.15, -0.1) is 0 Å². The summed E-state index contributed by atoms with van der Waals surface area (Å²) in [6.07, 6.45) is -0.456. The number of carbonyl (C=O) groups excluding carboxylic acids is 2. The minimum atomic E-state index is -0.603. The van der Waals surface area contributed by atoms with E-state index in [4.69, 9.17) is 4.74 Å². The number of nitrogens with one attached hydrogen (secondary N) is 1. The Bertz CT molecular complexity index is 659. The second kappa shape index (κ2) is 5.36. The number of carbonyl (C=O) groups is 2. The third-order valence-electron chi connectivity index (χ3n) is 3.71. The van der Waals surface area contributed by atoms with E-state index in [1.807, 2.05) is 0 Å². The van der Waals surface area contributed by atoms with Crippen LogP contribution in [0.15, 0.2) is 12.1 Å². The first-order chi connectivity index (χ1) is 10.7.